The van der Waals surface area contributed by atoms with Crippen LogP contribution in [0.4, 0.5) is 9.18 Å². The summed E-state index contributed by atoms with van der Waals surface area (Å²) in [5, 5.41) is 7.48. The largest absolute Gasteiger partial charge is 0.411 e. The van der Waals surface area contributed by atoms with Crippen molar-refractivity contribution in [3.05, 3.63) is 35.1 Å². The molecule has 0 saturated carbocycles. The van der Waals surface area contributed by atoms with Crippen molar-refractivity contribution in [3.63, 3.8) is 0 Å². The Balaban J connectivity index is 2.96. The molecule has 0 aliphatic heterocycles. The molecule has 6 heteroatoms. The lowest BCUT2D eigenvalue weighted by Crippen LogP contribution is -2.39. The van der Waals surface area contributed by atoms with Gasteiger partial charge in [0.05, 0.1) is 6.04 Å². The summed E-state index contributed by atoms with van der Waals surface area (Å²) in [4.78, 5) is 10.5. The zero-order valence-corrected chi connectivity index (χ0v) is 10.2. The quantitative estimate of drug-likeness (QED) is 0.563. The van der Waals surface area contributed by atoms with Gasteiger partial charge in [-0.1, -0.05) is 19.1 Å². The molecule has 0 aliphatic rings. The van der Waals surface area contributed by atoms with Crippen LogP contribution in [0.2, 0.25) is 0 Å². The van der Waals surface area contributed by atoms with Crippen molar-refractivity contribution in [2.75, 3.05) is 0 Å². The number of amides is 1. The monoisotopic (exact) mass is 253 g/mol. The van der Waals surface area contributed by atoms with E-state index in [1.165, 1.54) is 6.07 Å². The molecule has 0 saturated heterocycles. The fraction of sp³-hybridized carbons (Fsp3) is 0.333. The number of nitrogens with two attached hydrogens (primary N) is 2. The minimum Gasteiger partial charge on any atom is -0.394 e. The summed E-state index contributed by atoms with van der Waals surface area (Å²) >= 11 is 0. The first kappa shape index (κ1) is 14.1. The van der Waals surface area contributed by atoms with Crippen LogP contribution in [0.25, 0.3) is 0 Å². The number of hydrogen-bond acceptors (Lipinski definition) is 4. The molecule has 1 rings (SSSR count). The van der Waals surface area contributed by atoms with E-state index in [1.807, 2.05) is 0 Å². The van der Waals surface area contributed by atoms with Crippen LogP contribution in [-0.4, -0.2) is 18.0 Å². The van der Waals surface area contributed by atoms with Crippen molar-refractivity contribution in [2.45, 2.75) is 25.8 Å². The molecular weight excluding hydrogens is 237 g/mol. The predicted octanol–water partition coefficient (Wildman–Crippen LogP) is 1.64. The lowest BCUT2D eigenvalue weighted by atomic mass is 9.90. The number of benzene rings is 1. The van der Waals surface area contributed by atoms with Gasteiger partial charge in [0.2, 0.25) is 5.90 Å². The second kappa shape index (κ2) is 5.59. The summed E-state index contributed by atoms with van der Waals surface area (Å²) in [6.07, 6.45) is -1.10. The van der Waals surface area contributed by atoms with E-state index in [1.54, 1.807) is 26.0 Å². The first-order valence-electron chi connectivity index (χ1n) is 5.41. The number of aryl methyl sites for hydroxylation is 1. The van der Waals surface area contributed by atoms with Crippen molar-refractivity contribution < 1.29 is 13.9 Å². The van der Waals surface area contributed by atoms with Gasteiger partial charge in [0.25, 0.3) is 0 Å². The highest BCUT2D eigenvalue weighted by atomic mass is 19.1. The summed E-state index contributed by atoms with van der Waals surface area (Å²) in [6, 6.07) is 3.73. The number of ether oxygens (including phenoxy) is 1. The van der Waals surface area contributed by atoms with Crippen molar-refractivity contribution in [2.24, 2.45) is 11.5 Å². The second-order valence-corrected chi connectivity index (χ2v) is 4.07. The minimum atomic E-state index is -1.10. The van der Waals surface area contributed by atoms with Crippen LogP contribution in [-0.2, 0) is 4.74 Å². The molecule has 0 fully saturated rings. The van der Waals surface area contributed by atoms with Gasteiger partial charge < -0.3 is 16.2 Å². The Bertz CT molecular complexity index is 456. The molecule has 18 heavy (non-hydrogen) atoms. The SMILES string of the molecule is Cc1cccc(F)c1C(C)C(N)C(=N)OC(N)=O. The molecule has 0 radical (unpaired) electrons. The Labute approximate surface area is 104 Å². The van der Waals surface area contributed by atoms with E-state index in [4.69, 9.17) is 16.9 Å². The number of carbonyl (C=O) groups is 1. The third-order valence-electron chi connectivity index (χ3n) is 2.78. The molecule has 2 atom stereocenters. The summed E-state index contributed by atoms with van der Waals surface area (Å²) in [7, 11) is 0. The van der Waals surface area contributed by atoms with Crippen molar-refractivity contribution in [3.8, 4) is 0 Å². The lowest BCUT2D eigenvalue weighted by molar-refractivity contribution is 0.204. The van der Waals surface area contributed by atoms with Crippen LogP contribution in [0.5, 0.6) is 0 Å². The van der Waals surface area contributed by atoms with Gasteiger partial charge in [-0.05, 0) is 24.1 Å². The summed E-state index contributed by atoms with van der Waals surface area (Å²) in [5.74, 6) is -1.37. The smallest absolute Gasteiger partial charge is 0.394 e. The Morgan fingerprint density at radius 3 is 2.61 bits per heavy atom. The molecule has 0 aliphatic carbocycles. The van der Waals surface area contributed by atoms with E-state index in [-0.39, 0.29) is 0 Å². The molecule has 0 bridgehead atoms. The van der Waals surface area contributed by atoms with Crippen molar-refractivity contribution in [1.82, 2.24) is 0 Å². The van der Waals surface area contributed by atoms with E-state index in [0.717, 1.165) is 5.56 Å². The first-order valence-corrected chi connectivity index (χ1v) is 5.41. The molecule has 98 valence electrons. The van der Waals surface area contributed by atoms with Gasteiger partial charge in [0.15, 0.2) is 0 Å². The third-order valence-corrected chi connectivity index (χ3v) is 2.78. The molecule has 1 amide bonds. The Morgan fingerprint density at radius 2 is 2.11 bits per heavy atom. The van der Waals surface area contributed by atoms with Crippen LogP contribution in [0.15, 0.2) is 18.2 Å². The molecule has 0 heterocycles. The maximum atomic E-state index is 13.7. The number of halogens is 1. The maximum absolute atomic E-state index is 13.7. The number of hydrogen-bond donors (Lipinski definition) is 3. The highest BCUT2D eigenvalue weighted by molar-refractivity contribution is 5.89. The molecule has 5 nitrogen and oxygen atoms in total. The van der Waals surface area contributed by atoms with E-state index in [9.17, 15) is 9.18 Å². The lowest BCUT2D eigenvalue weighted by Gasteiger charge is -2.22. The van der Waals surface area contributed by atoms with Crippen LogP contribution in [0, 0.1) is 18.2 Å². The van der Waals surface area contributed by atoms with Crippen molar-refractivity contribution in [1.29, 1.82) is 5.41 Å². The maximum Gasteiger partial charge on any atom is 0.411 e. The molecule has 0 spiro atoms. The average molecular weight is 253 g/mol. The van der Waals surface area contributed by atoms with E-state index in [0.29, 0.717) is 5.56 Å². The summed E-state index contributed by atoms with van der Waals surface area (Å²) in [6.45, 7) is 3.41. The second-order valence-electron chi connectivity index (χ2n) is 4.07. The van der Waals surface area contributed by atoms with Gasteiger partial charge in [0.1, 0.15) is 5.82 Å². The molecule has 1 aromatic carbocycles. The minimum absolute atomic E-state index is 0.398. The number of nitrogens with one attached hydrogen (secondary N) is 1. The first-order chi connectivity index (χ1) is 8.34. The fourth-order valence-electron chi connectivity index (χ4n) is 1.80. The molecule has 2 unspecified atom stereocenters. The molecular formula is C12H16FN3O2. The van der Waals surface area contributed by atoms with Gasteiger partial charge in [-0.3, -0.25) is 5.41 Å². The van der Waals surface area contributed by atoms with E-state index < -0.39 is 29.8 Å². The molecule has 5 N–H and O–H groups in total. The van der Waals surface area contributed by atoms with Gasteiger partial charge in [0, 0.05) is 5.92 Å². The zero-order chi connectivity index (χ0) is 13.9. The van der Waals surface area contributed by atoms with Crippen molar-refractivity contribution >= 4 is 12.0 Å². The predicted molar refractivity (Wildman–Crippen MR) is 65.9 cm³/mol. The zero-order valence-electron chi connectivity index (χ0n) is 10.2. The highest BCUT2D eigenvalue weighted by Crippen LogP contribution is 2.25. The van der Waals surface area contributed by atoms with Gasteiger partial charge in [-0.25, -0.2) is 9.18 Å². The van der Waals surface area contributed by atoms with Gasteiger partial charge >= 0.3 is 6.09 Å². The third kappa shape index (κ3) is 3.04. The topological polar surface area (TPSA) is 102 Å². The molecule has 0 aromatic heterocycles. The average Bonchev–Trinajstić information content (AvgIpc) is 2.26. The summed E-state index contributed by atoms with van der Waals surface area (Å²) in [5.41, 5.74) is 11.7. The Hall–Kier alpha value is -1.95. The highest BCUT2D eigenvalue weighted by Gasteiger charge is 2.25. The number of primary amides is 1. The number of rotatable bonds is 3. The van der Waals surface area contributed by atoms with Crippen LogP contribution in [0.1, 0.15) is 24.0 Å². The summed E-state index contributed by atoms with van der Waals surface area (Å²) < 4.78 is 18.1. The number of carbonyl (C=O) groups excluding carboxylic acids is 1. The van der Waals surface area contributed by atoms with E-state index in [2.05, 4.69) is 4.74 Å². The van der Waals surface area contributed by atoms with Gasteiger partial charge in [-0.15, -0.1) is 0 Å². The van der Waals surface area contributed by atoms with Crippen LogP contribution >= 0.6 is 0 Å². The van der Waals surface area contributed by atoms with Crippen LogP contribution < -0.4 is 11.5 Å². The standard InChI is InChI=1S/C12H16FN3O2/c1-6-4-3-5-8(13)9(6)7(2)10(14)11(15)18-12(16)17/h3-5,7,10,15H,14H2,1-2H3,(H2,16,17). The Kier molecular flexibility index (Phi) is 4.38. The normalized spacial score (nSPS) is 13.8. The molecule has 1 aromatic rings. The fourth-order valence-corrected chi connectivity index (χ4v) is 1.80. The Morgan fingerprint density at radius 1 is 1.50 bits per heavy atom. The van der Waals surface area contributed by atoms with Crippen LogP contribution in [0.3, 0.4) is 0 Å². The van der Waals surface area contributed by atoms with E-state index >= 15 is 0 Å². The van der Waals surface area contributed by atoms with Gasteiger partial charge in [-0.2, -0.15) is 0 Å².